The van der Waals surface area contributed by atoms with Crippen molar-refractivity contribution in [2.24, 2.45) is 0 Å². The molecule has 0 aromatic carbocycles. The van der Waals surface area contributed by atoms with Gasteiger partial charge >= 0.3 is 0 Å². The molecule has 1 N–H and O–H groups in total. The maximum atomic E-state index is 5.00. The molecule has 0 bridgehead atoms. The molecule has 1 aromatic heterocycles. The zero-order valence-electron chi connectivity index (χ0n) is 6.26. The molecule has 0 aliphatic heterocycles. The van der Waals surface area contributed by atoms with Crippen LogP contribution in [0.15, 0.2) is 15.9 Å². The molecule has 0 aliphatic rings. The lowest BCUT2D eigenvalue weighted by molar-refractivity contribution is 0.0468. The number of rotatable bonds is 4. The molecule has 11 heavy (non-hydrogen) atoms. The molecule has 0 radical (unpaired) electrons. The SMILES string of the molecule is CCONCc1sccc1Br. The molecule has 0 saturated carbocycles. The normalized spacial score (nSPS) is 10.4. The molecule has 1 heterocycles. The molecule has 4 heteroatoms. The minimum absolute atomic E-state index is 0.697. The molecule has 0 atom stereocenters. The lowest BCUT2D eigenvalue weighted by Crippen LogP contribution is -2.12. The van der Waals surface area contributed by atoms with Gasteiger partial charge in [0.2, 0.25) is 0 Å². The summed E-state index contributed by atoms with van der Waals surface area (Å²) in [4.78, 5) is 6.26. The maximum Gasteiger partial charge on any atom is 0.0654 e. The van der Waals surface area contributed by atoms with Gasteiger partial charge in [-0.3, -0.25) is 0 Å². The smallest absolute Gasteiger partial charge is 0.0654 e. The van der Waals surface area contributed by atoms with Crippen molar-refractivity contribution < 1.29 is 4.84 Å². The first-order valence-corrected chi connectivity index (χ1v) is 5.08. The molecule has 0 unspecified atom stereocenters. The summed E-state index contributed by atoms with van der Waals surface area (Å²) in [7, 11) is 0. The second-order valence-corrected chi connectivity index (χ2v) is 3.80. The van der Waals surface area contributed by atoms with Crippen molar-refractivity contribution in [2.45, 2.75) is 13.5 Å². The van der Waals surface area contributed by atoms with Crippen LogP contribution in [-0.2, 0) is 11.4 Å². The van der Waals surface area contributed by atoms with Crippen LogP contribution in [0, 0.1) is 0 Å². The highest BCUT2D eigenvalue weighted by Gasteiger charge is 1.98. The number of hydrogen-bond donors (Lipinski definition) is 1. The van der Waals surface area contributed by atoms with Gasteiger partial charge in [-0.25, -0.2) is 0 Å². The van der Waals surface area contributed by atoms with Gasteiger partial charge in [0, 0.05) is 9.35 Å². The van der Waals surface area contributed by atoms with Crippen LogP contribution < -0.4 is 5.48 Å². The van der Waals surface area contributed by atoms with Gasteiger partial charge in [0.15, 0.2) is 0 Å². The molecule has 2 nitrogen and oxygen atoms in total. The van der Waals surface area contributed by atoms with Crippen molar-refractivity contribution in [3.8, 4) is 0 Å². The van der Waals surface area contributed by atoms with Gasteiger partial charge in [0.1, 0.15) is 0 Å². The number of thiophene rings is 1. The van der Waals surface area contributed by atoms with E-state index in [1.54, 1.807) is 11.3 Å². The van der Waals surface area contributed by atoms with Gasteiger partial charge in [-0.05, 0) is 34.3 Å². The summed E-state index contributed by atoms with van der Waals surface area (Å²) in [5, 5.41) is 2.05. The molecule has 1 aromatic rings. The fraction of sp³-hybridized carbons (Fsp3) is 0.429. The van der Waals surface area contributed by atoms with E-state index in [1.807, 2.05) is 18.4 Å². The number of hydrogen-bond acceptors (Lipinski definition) is 3. The average molecular weight is 236 g/mol. The van der Waals surface area contributed by atoms with E-state index in [0.717, 1.165) is 11.0 Å². The Morgan fingerprint density at radius 2 is 2.55 bits per heavy atom. The first kappa shape index (κ1) is 9.19. The summed E-state index contributed by atoms with van der Waals surface area (Å²) >= 11 is 5.14. The zero-order valence-corrected chi connectivity index (χ0v) is 8.67. The lowest BCUT2D eigenvalue weighted by atomic mass is 10.5. The first-order chi connectivity index (χ1) is 5.34. The predicted molar refractivity (Wildman–Crippen MR) is 50.5 cm³/mol. The predicted octanol–water partition coefficient (Wildman–Crippen LogP) is 2.55. The Labute approximate surface area is 78.7 Å². The van der Waals surface area contributed by atoms with Gasteiger partial charge in [-0.2, -0.15) is 5.48 Å². The summed E-state index contributed by atoms with van der Waals surface area (Å²) in [5.41, 5.74) is 2.86. The summed E-state index contributed by atoms with van der Waals surface area (Å²) < 4.78 is 1.15. The second-order valence-electron chi connectivity index (χ2n) is 1.95. The Bertz CT molecular complexity index is 214. The summed E-state index contributed by atoms with van der Waals surface area (Å²) in [6, 6.07) is 2.04. The number of hydroxylamine groups is 1. The Morgan fingerprint density at radius 1 is 1.73 bits per heavy atom. The van der Waals surface area contributed by atoms with Crippen molar-refractivity contribution in [3.63, 3.8) is 0 Å². The Balaban J connectivity index is 2.32. The highest BCUT2D eigenvalue weighted by atomic mass is 79.9. The van der Waals surface area contributed by atoms with E-state index < -0.39 is 0 Å². The standard InChI is InChI=1S/C7H10BrNOS/c1-2-10-9-5-7-6(8)3-4-11-7/h3-4,9H,2,5H2,1H3. The van der Waals surface area contributed by atoms with E-state index in [1.165, 1.54) is 4.88 Å². The van der Waals surface area contributed by atoms with Crippen LogP contribution in [-0.4, -0.2) is 6.61 Å². The second kappa shape index (κ2) is 4.87. The molecular weight excluding hydrogens is 226 g/mol. The van der Waals surface area contributed by atoms with Crippen LogP contribution in [0.4, 0.5) is 0 Å². The quantitative estimate of drug-likeness (QED) is 0.640. The van der Waals surface area contributed by atoms with E-state index in [2.05, 4.69) is 21.4 Å². The van der Waals surface area contributed by atoms with Crippen molar-refractivity contribution in [3.05, 3.63) is 20.8 Å². The number of nitrogens with one attached hydrogen (secondary N) is 1. The number of halogens is 1. The minimum Gasteiger partial charge on any atom is -0.302 e. The van der Waals surface area contributed by atoms with Gasteiger partial charge in [-0.1, -0.05) is 0 Å². The topological polar surface area (TPSA) is 21.3 Å². The third kappa shape index (κ3) is 2.91. The van der Waals surface area contributed by atoms with Crippen molar-refractivity contribution in [1.82, 2.24) is 5.48 Å². The molecule has 0 spiro atoms. The van der Waals surface area contributed by atoms with E-state index in [0.29, 0.717) is 6.61 Å². The van der Waals surface area contributed by atoms with Crippen LogP contribution in [0.3, 0.4) is 0 Å². The van der Waals surface area contributed by atoms with Gasteiger partial charge < -0.3 is 4.84 Å². The van der Waals surface area contributed by atoms with Crippen LogP contribution in [0.2, 0.25) is 0 Å². The first-order valence-electron chi connectivity index (χ1n) is 3.41. The lowest BCUT2D eigenvalue weighted by Gasteiger charge is -2.00. The summed E-state index contributed by atoms with van der Waals surface area (Å²) in [6.45, 7) is 3.42. The van der Waals surface area contributed by atoms with Crippen LogP contribution in [0.25, 0.3) is 0 Å². The molecule has 0 amide bonds. The monoisotopic (exact) mass is 235 g/mol. The molecule has 0 aliphatic carbocycles. The fourth-order valence-corrected chi connectivity index (χ4v) is 2.09. The van der Waals surface area contributed by atoms with Gasteiger partial charge in [0.05, 0.1) is 13.2 Å². The maximum absolute atomic E-state index is 5.00. The Hall–Kier alpha value is 0.100. The largest absolute Gasteiger partial charge is 0.302 e. The molecule has 1 rings (SSSR count). The molecule has 62 valence electrons. The van der Waals surface area contributed by atoms with Crippen molar-refractivity contribution in [2.75, 3.05) is 6.61 Å². The van der Waals surface area contributed by atoms with Gasteiger partial charge in [-0.15, -0.1) is 11.3 Å². The van der Waals surface area contributed by atoms with Crippen LogP contribution in [0.5, 0.6) is 0 Å². The van der Waals surface area contributed by atoms with Crippen LogP contribution in [0.1, 0.15) is 11.8 Å². The highest BCUT2D eigenvalue weighted by molar-refractivity contribution is 9.10. The van der Waals surface area contributed by atoms with Crippen LogP contribution >= 0.6 is 27.3 Å². The molecular formula is C7H10BrNOS. The van der Waals surface area contributed by atoms with Crippen molar-refractivity contribution in [1.29, 1.82) is 0 Å². The molecule has 0 saturated heterocycles. The summed E-state index contributed by atoms with van der Waals surface area (Å²) in [5.74, 6) is 0. The highest BCUT2D eigenvalue weighted by Crippen LogP contribution is 2.21. The molecule has 0 fully saturated rings. The fourth-order valence-electron chi connectivity index (χ4n) is 0.670. The van der Waals surface area contributed by atoms with E-state index in [-0.39, 0.29) is 0 Å². The van der Waals surface area contributed by atoms with Gasteiger partial charge in [0.25, 0.3) is 0 Å². The Morgan fingerprint density at radius 3 is 3.09 bits per heavy atom. The van der Waals surface area contributed by atoms with E-state index >= 15 is 0 Å². The minimum atomic E-state index is 0.697. The third-order valence-corrected chi connectivity index (χ3v) is 3.10. The third-order valence-electron chi connectivity index (χ3n) is 1.17. The average Bonchev–Trinajstić information content (AvgIpc) is 2.37. The Kier molecular flexibility index (Phi) is 4.07. The summed E-state index contributed by atoms with van der Waals surface area (Å²) in [6.07, 6.45) is 0. The zero-order chi connectivity index (χ0) is 8.10. The van der Waals surface area contributed by atoms with E-state index in [9.17, 15) is 0 Å². The van der Waals surface area contributed by atoms with E-state index in [4.69, 9.17) is 4.84 Å². The van der Waals surface area contributed by atoms with Crippen molar-refractivity contribution >= 4 is 27.3 Å².